The van der Waals surface area contributed by atoms with Gasteiger partial charge in [-0.05, 0) is 18.1 Å². The predicted molar refractivity (Wildman–Crippen MR) is 63.6 cm³/mol. The molecule has 1 aromatic carbocycles. The molecule has 0 heterocycles. The summed E-state index contributed by atoms with van der Waals surface area (Å²) >= 11 is 9.27. The second-order valence-electron chi connectivity index (χ2n) is 2.98. The third-order valence-corrected chi connectivity index (χ3v) is 2.84. The van der Waals surface area contributed by atoms with Crippen LogP contribution in [0.1, 0.15) is 29.3 Å². The molecule has 1 nitrogen and oxygen atoms in total. The molecule has 0 fully saturated rings. The summed E-state index contributed by atoms with van der Waals surface area (Å²) in [5.41, 5.74) is 1.72. The average Bonchev–Trinajstić information content (AvgIpc) is 2.17. The molecule has 3 heteroatoms. The van der Waals surface area contributed by atoms with Crippen LogP contribution in [-0.4, -0.2) is 11.1 Å². The van der Waals surface area contributed by atoms with Gasteiger partial charge in [0.05, 0.1) is 0 Å². The molecule has 76 valence electrons. The minimum atomic E-state index is 0.154. The smallest absolute Gasteiger partial charge is 0.164 e. The van der Waals surface area contributed by atoms with Crippen molar-refractivity contribution in [3.05, 3.63) is 34.3 Å². The van der Waals surface area contributed by atoms with E-state index in [9.17, 15) is 4.79 Å². The third kappa shape index (κ3) is 2.58. The van der Waals surface area contributed by atoms with Gasteiger partial charge in [-0.2, -0.15) is 0 Å². The van der Waals surface area contributed by atoms with Gasteiger partial charge in [0.25, 0.3) is 0 Å². The Morgan fingerprint density at radius 1 is 1.50 bits per heavy atom. The number of carbonyl (C=O) groups excluding carboxylic acids is 1. The van der Waals surface area contributed by atoms with Crippen molar-refractivity contribution < 1.29 is 4.79 Å². The number of rotatable bonds is 4. The van der Waals surface area contributed by atoms with E-state index < -0.39 is 0 Å². The standard InChI is InChI=1S/C11H12BrClO/c1-2-8-9(11(14)6-7-12)4-3-5-10(8)13/h3-5H,2,6-7H2,1H3. The molecule has 0 saturated carbocycles. The van der Waals surface area contributed by atoms with Gasteiger partial charge in [0, 0.05) is 22.3 Å². The van der Waals surface area contributed by atoms with Gasteiger partial charge in [-0.15, -0.1) is 0 Å². The molecule has 14 heavy (non-hydrogen) atoms. The molecule has 0 aromatic heterocycles. The van der Waals surface area contributed by atoms with E-state index >= 15 is 0 Å². The van der Waals surface area contributed by atoms with Crippen molar-refractivity contribution >= 4 is 33.3 Å². The molecule has 1 aromatic rings. The van der Waals surface area contributed by atoms with Crippen LogP contribution in [0.4, 0.5) is 0 Å². The Balaban J connectivity index is 3.07. The minimum absolute atomic E-state index is 0.154. The number of halogens is 2. The highest BCUT2D eigenvalue weighted by Gasteiger charge is 2.11. The molecule has 0 saturated heterocycles. The van der Waals surface area contributed by atoms with E-state index in [0.29, 0.717) is 16.8 Å². The molecule has 0 bridgehead atoms. The van der Waals surface area contributed by atoms with E-state index in [0.717, 1.165) is 17.5 Å². The summed E-state index contributed by atoms with van der Waals surface area (Å²) in [6.07, 6.45) is 1.32. The highest BCUT2D eigenvalue weighted by atomic mass is 79.9. The normalized spacial score (nSPS) is 10.2. The predicted octanol–water partition coefficient (Wildman–Crippen LogP) is 3.87. The topological polar surface area (TPSA) is 17.1 Å². The van der Waals surface area contributed by atoms with Gasteiger partial charge >= 0.3 is 0 Å². The van der Waals surface area contributed by atoms with Crippen molar-refractivity contribution in [2.75, 3.05) is 5.33 Å². The third-order valence-electron chi connectivity index (χ3n) is 2.09. The Morgan fingerprint density at radius 2 is 2.21 bits per heavy atom. The highest BCUT2D eigenvalue weighted by Crippen LogP contribution is 2.21. The largest absolute Gasteiger partial charge is 0.294 e. The van der Waals surface area contributed by atoms with Gasteiger partial charge in [0.1, 0.15) is 0 Å². The summed E-state index contributed by atoms with van der Waals surface area (Å²) < 4.78 is 0. The maximum absolute atomic E-state index is 11.7. The van der Waals surface area contributed by atoms with Crippen LogP contribution in [0.3, 0.4) is 0 Å². The van der Waals surface area contributed by atoms with Crippen LogP contribution >= 0.6 is 27.5 Å². The zero-order chi connectivity index (χ0) is 10.6. The zero-order valence-corrected chi connectivity index (χ0v) is 10.4. The molecule has 1 rings (SSSR count). The molecule has 0 aliphatic carbocycles. The van der Waals surface area contributed by atoms with Crippen LogP contribution in [0.2, 0.25) is 5.02 Å². The second-order valence-corrected chi connectivity index (χ2v) is 4.18. The summed E-state index contributed by atoms with van der Waals surface area (Å²) in [7, 11) is 0. The molecule has 0 unspecified atom stereocenters. The number of hydrogen-bond acceptors (Lipinski definition) is 1. The fraction of sp³-hybridized carbons (Fsp3) is 0.364. The first-order valence-corrected chi connectivity index (χ1v) is 6.07. The Kier molecular flexibility index (Phi) is 4.63. The van der Waals surface area contributed by atoms with E-state index in [4.69, 9.17) is 11.6 Å². The van der Waals surface area contributed by atoms with Crippen LogP contribution < -0.4 is 0 Å². The lowest BCUT2D eigenvalue weighted by atomic mass is 10.0. The van der Waals surface area contributed by atoms with Gasteiger partial charge in [-0.1, -0.05) is 46.6 Å². The fourth-order valence-corrected chi connectivity index (χ4v) is 2.07. The summed E-state index contributed by atoms with van der Waals surface area (Å²) in [6.45, 7) is 2.01. The van der Waals surface area contributed by atoms with Gasteiger partial charge in [0.2, 0.25) is 0 Å². The summed E-state index contributed by atoms with van der Waals surface area (Å²) in [5, 5.41) is 1.38. The lowest BCUT2D eigenvalue weighted by Gasteiger charge is -2.07. The van der Waals surface area contributed by atoms with E-state index in [1.165, 1.54) is 0 Å². The number of hydrogen-bond donors (Lipinski definition) is 0. The Bertz CT molecular complexity index is 336. The number of alkyl halides is 1. The van der Waals surface area contributed by atoms with Crippen LogP contribution in [0.15, 0.2) is 18.2 Å². The molecule has 0 N–H and O–H groups in total. The molecule has 0 amide bonds. The first-order valence-electron chi connectivity index (χ1n) is 4.57. The quantitative estimate of drug-likeness (QED) is 0.602. The van der Waals surface area contributed by atoms with Crippen LogP contribution in [0, 0.1) is 0 Å². The minimum Gasteiger partial charge on any atom is -0.294 e. The fourth-order valence-electron chi connectivity index (χ4n) is 1.40. The molecule has 0 aliphatic heterocycles. The number of Topliss-reactive ketones (excluding diaryl/α,β-unsaturated/α-hetero) is 1. The van der Waals surface area contributed by atoms with E-state index in [2.05, 4.69) is 15.9 Å². The number of carbonyl (C=O) groups is 1. The van der Waals surface area contributed by atoms with Crippen molar-refractivity contribution in [2.45, 2.75) is 19.8 Å². The van der Waals surface area contributed by atoms with Crippen LogP contribution in [-0.2, 0) is 6.42 Å². The van der Waals surface area contributed by atoms with Crippen LogP contribution in [0.25, 0.3) is 0 Å². The first-order chi connectivity index (χ1) is 6.70. The van der Waals surface area contributed by atoms with Crippen LogP contribution in [0.5, 0.6) is 0 Å². The van der Waals surface area contributed by atoms with Crippen molar-refractivity contribution in [2.24, 2.45) is 0 Å². The van der Waals surface area contributed by atoms with E-state index in [1.54, 1.807) is 0 Å². The van der Waals surface area contributed by atoms with E-state index in [1.807, 2.05) is 25.1 Å². The van der Waals surface area contributed by atoms with Gasteiger partial charge in [0.15, 0.2) is 5.78 Å². The first kappa shape index (κ1) is 11.7. The monoisotopic (exact) mass is 274 g/mol. The van der Waals surface area contributed by atoms with Crippen molar-refractivity contribution in [3.63, 3.8) is 0 Å². The Morgan fingerprint density at radius 3 is 2.79 bits per heavy atom. The summed E-state index contributed by atoms with van der Waals surface area (Å²) in [5.74, 6) is 0.154. The zero-order valence-electron chi connectivity index (χ0n) is 8.02. The van der Waals surface area contributed by atoms with Crippen molar-refractivity contribution in [1.82, 2.24) is 0 Å². The Labute approximate surface area is 97.6 Å². The molecule has 0 aliphatic rings. The van der Waals surface area contributed by atoms with Gasteiger partial charge in [-0.3, -0.25) is 4.79 Å². The molecule has 0 atom stereocenters. The SMILES string of the molecule is CCc1c(Cl)cccc1C(=O)CCBr. The number of benzene rings is 1. The molecule has 0 radical (unpaired) electrons. The Hall–Kier alpha value is -0.340. The lowest BCUT2D eigenvalue weighted by Crippen LogP contribution is -2.04. The van der Waals surface area contributed by atoms with E-state index in [-0.39, 0.29) is 5.78 Å². The van der Waals surface area contributed by atoms with Gasteiger partial charge < -0.3 is 0 Å². The maximum Gasteiger partial charge on any atom is 0.164 e. The average molecular weight is 276 g/mol. The molecular weight excluding hydrogens is 263 g/mol. The lowest BCUT2D eigenvalue weighted by molar-refractivity contribution is 0.0989. The summed E-state index contributed by atoms with van der Waals surface area (Å²) in [4.78, 5) is 11.7. The molecular formula is C11H12BrClO. The highest BCUT2D eigenvalue weighted by molar-refractivity contribution is 9.09. The summed E-state index contributed by atoms with van der Waals surface area (Å²) in [6, 6.07) is 5.49. The van der Waals surface area contributed by atoms with Crippen molar-refractivity contribution in [1.29, 1.82) is 0 Å². The molecule has 0 spiro atoms. The number of ketones is 1. The van der Waals surface area contributed by atoms with Crippen molar-refractivity contribution in [3.8, 4) is 0 Å². The maximum atomic E-state index is 11.7. The van der Waals surface area contributed by atoms with Gasteiger partial charge in [-0.25, -0.2) is 0 Å². The second kappa shape index (κ2) is 5.52.